The maximum Gasteiger partial charge on any atom is 0.162 e. The average molecular weight is 372 g/mol. The molecule has 1 atom stereocenters. The lowest BCUT2D eigenvalue weighted by atomic mass is 10.1. The summed E-state index contributed by atoms with van der Waals surface area (Å²) in [6.45, 7) is 1.97. The Balaban J connectivity index is 1.77. The second-order valence-corrected chi connectivity index (χ2v) is 6.44. The molecule has 0 radical (unpaired) electrons. The Morgan fingerprint density at radius 1 is 1.00 bits per heavy atom. The van der Waals surface area contributed by atoms with Gasteiger partial charge in [-0.1, -0.05) is 12.1 Å². The summed E-state index contributed by atoms with van der Waals surface area (Å²) in [5, 5.41) is 14.6. The van der Waals surface area contributed by atoms with Crippen molar-refractivity contribution < 1.29 is 9.84 Å². The molecule has 2 heterocycles. The van der Waals surface area contributed by atoms with Crippen LogP contribution in [0.15, 0.2) is 67.0 Å². The van der Waals surface area contributed by atoms with Gasteiger partial charge >= 0.3 is 0 Å². The largest absolute Gasteiger partial charge is 0.508 e. The molecular weight excluding hydrogens is 352 g/mol. The number of benzene rings is 2. The number of phenolic OH excluding ortho intramolecular Hbond substituents is 1. The van der Waals surface area contributed by atoms with Crippen LogP contribution in [0.4, 0.5) is 5.82 Å². The monoisotopic (exact) mass is 372 g/mol. The van der Waals surface area contributed by atoms with Crippen LogP contribution in [-0.4, -0.2) is 27.2 Å². The molecule has 1 unspecified atom stereocenters. The lowest BCUT2D eigenvalue weighted by Crippen LogP contribution is -2.10. The molecule has 6 heteroatoms. The fourth-order valence-corrected chi connectivity index (χ4v) is 3.11. The van der Waals surface area contributed by atoms with Gasteiger partial charge in [-0.15, -0.1) is 0 Å². The summed E-state index contributed by atoms with van der Waals surface area (Å²) in [7, 11) is 1.60. The van der Waals surface area contributed by atoms with Crippen molar-refractivity contribution >= 4 is 16.7 Å². The van der Waals surface area contributed by atoms with E-state index >= 15 is 0 Å². The van der Waals surface area contributed by atoms with Crippen molar-refractivity contribution in [3.05, 3.63) is 72.6 Å². The molecule has 4 aromatic rings. The highest BCUT2D eigenvalue weighted by molar-refractivity contribution is 5.90. The number of hydrogen-bond donors (Lipinski definition) is 2. The van der Waals surface area contributed by atoms with Crippen molar-refractivity contribution in [1.29, 1.82) is 0 Å². The highest BCUT2D eigenvalue weighted by atomic mass is 16.5. The van der Waals surface area contributed by atoms with Gasteiger partial charge in [0.15, 0.2) is 5.82 Å². The van der Waals surface area contributed by atoms with Gasteiger partial charge < -0.3 is 15.2 Å². The van der Waals surface area contributed by atoms with Crippen LogP contribution in [-0.2, 0) is 0 Å². The third kappa shape index (κ3) is 3.44. The molecule has 0 fully saturated rings. The van der Waals surface area contributed by atoms with E-state index in [9.17, 15) is 5.11 Å². The van der Waals surface area contributed by atoms with Crippen LogP contribution >= 0.6 is 0 Å². The predicted molar refractivity (Wildman–Crippen MR) is 109 cm³/mol. The fraction of sp³-hybridized carbons (Fsp3) is 0.136. The smallest absolute Gasteiger partial charge is 0.162 e. The summed E-state index contributed by atoms with van der Waals surface area (Å²) in [5.41, 5.74) is 2.46. The Labute approximate surface area is 162 Å². The first kappa shape index (κ1) is 17.7. The van der Waals surface area contributed by atoms with E-state index in [2.05, 4.69) is 15.3 Å². The van der Waals surface area contributed by atoms with Crippen LogP contribution in [0.25, 0.3) is 22.3 Å². The molecule has 0 amide bonds. The number of rotatable bonds is 5. The number of ether oxygens (including phenoxy) is 1. The Bertz CT molecular complexity index is 1120. The molecule has 0 saturated carbocycles. The predicted octanol–water partition coefficient (Wildman–Crippen LogP) is 4.58. The van der Waals surface area contributed by atoms with Crippen LogP contribution in [0.3, 0.4) is 0 Å². The van der Waals surface area contributed by atoms with Crippen LogP contribution < -0.4 is 10.1 Å². The molecule has 0 aliphatic carbocycles. The summed E-state index contributed by atoms with van der Waals surface area (Å²) in [5.74, 6) is 2.21. The minimum absolute atomic E-state index is 0.196. The quantitative estimate of drug-likeness (QED) is 0.534. The van der Waals surface area contributed by atoms with Crippen molar-refractivity contribution in [2.75, 3.05) is 12.4 Å². The number of nitrogens with zero attached hydrogens (tertiary/aromatic N) is 3. The molecule has 0 aliphatic heterocycles. The molecule has 2 aromatic heterocycles. The first-order valence-corrected chi connectivity index (χ1v) is 8.96. The minimum atomic E-state index is -0.196. The Morgan fingerprint density at radius 2 is 1.79 bits per heavy atom. The average Bonchev–Trinajstić information content (AvgIpc) is 2.74. The van der Waals surface area contributed by atoms with Crippen molar-refractivity contribution in [2.45, 2.75) is 13.0 Å². The standard InChI is InChI=1S/C22H20N4O2/c1-14(18-13-16(28-2)7-8-20(18)27)24-22-17-5-3-4-6-19(17)25-21(26-22)15-9-11-23-12-10-15/h3-14,27H,1-2H3,(H,24,25,26). The zero-order chi connectivity index (χ0) is 19.5. The van der Waals surface area contributed by atoms with E-state index in [1.807, 2.05) is 49.4 Å². The number of pyridine rings is 1. The van der Waals surface area contributed by atoms with Crippen LogP contribution in [0.2, 0.25) is 0 Å². The Kier molecular flexibility index (Phi) is 4.76. The van der Waals surface area contributed by atoms with E-state index in [1.54, 1.807) is 31.6 Å². The first-order chi connectivity index (χ1) is 13.7. The summed E-state index contributed by atoms with van der Waals surface area (Å²) in [6, 6.07) is 16.6. The molecule has 28 heavy (non-hydrogen) atoms. The number of para-hydroxylation sites is 1. The highest BCUT2D eigenvalue weighted by Crippen LogP contribution is 2.32. The van der Waals surface area contributed by atoms with Crippen LogP contribution in [0.1, 0.15) is 18.5 Å². The van der Waals surface area contributed by atoms with Crippen LogP contribution in [0, 0.1) is 0 Å². The first-order valence-electron chi connectivity index (χ1n) is 8.96. The molecule has 2 N–H and O–H groups in total. The zero-order valence-electron chi connectivity index (χ0n) is 15.6. The highest BCUT2D eigenvalue weighted by Gasteiger charge is 2.15. The van der Waals surface area contributed by atoms with Gasteiger partial charge in [-0.25, -0.2) is 9.97 Å². The van der Waals surface area contributed by atoms with E-state index in [4.69, 9.17) is 9.72 Å². The normalized spacial score (nSPS) is 11.9. The molecule has 0 saturated heterocycles. The van der Waals surface area contributed by atoms with Gasteiger partial charge in [0.05, 0.1) is 18.7 Å². The van der Waals surface area contributed by atoms with E-state index in [1.165, 1.54) is 0 Å². The number of aromatic nitrogens is 3. The number of hydrogen-bond acceptors (Lipinski definition) is 6. The SMILES string of the molecule is COc1ccc(O)c(C(C)Nc2nc(-c3ccncc3)nc3ccccc23)c1. The summed E-state index contributed by atoms with van der Waals surface area (Å²) in [4.78, 5) is 13.5. The number of phenols is 1. The second kappa shape index (κ2) is 7.52. The zero-order valence-corrected chi connectivity index (χ0v) is 15.6. The van der Waals surface area contributed by atoms with E-state index in [0.717, 1.165) is 22.0 Å². The maximum atomic E-state index is 10.3. The van der Waals surface area contributed by atoms with Crippen molar-refractivity contribution in [3.63, 3.8) is 0 Å². The molecule has 2 aromatic carbocycles. The fourth-order valence-electron chi connectivity index (χ4n) is 3.11. The Hall–Kier alpha value is -3.67. The Morgan fingerprint density at radius 3 is 2.57 bits per heavy atom. The van der Waals surface area contributed by atoms with Crippen molar-refractivity contribution in [3.8, 4) is 22.9 Å². The van der Waals surface area contributed by atoms with Crippen molar-refractivity contribution in [2.24, 2.45) is 0 Å². The van der Waals surface area contributed by atoms with Gasteiger partial charge in [0.25, 0.3) is 0 Å². The molecule has 140 valence electrons. The van der Waals surface area contributed by atoms with Gasteiger partial charge in [0, 0.05) is 28.9 Å². The minimum Gasteiger partial charge on any atom is -0.508 e. The van der Waals surface area contributed by atoms with E-state index < -0.39 is 0 Å². The molecule has 0 bridgehead atoms. The second-order valence-electron chi connectivity index (χ2n) is 6.44. The van der Waals surface area contributed by atoms with E-state index in [-0.39, 0.29) is 11.8 Å². The molecule has 6 nitrogen and oxygen atoms in total. The summed E-state index contributed by atoms with van der Waals surface area (Å²) < 4.78 is 5.29. The number of nitrogens with one attached hydrogen (secondary N) is 1. The summed E-state index contributed by atoms with van der Waals surface area (Å²) in [6.07, 6.45) is 3.44. The van der Waals surface area contributed by atoms with Gasteiger partial charge in [-0.05, 0) is 49.4 Å². The lowest BCUT2D eigenvalue weighted by molar-refractivity contribution is 0.410. The van der Waals surface area contributed by atoms with Gasteiger partial charge in [-0.2, -0.15) is 0 Å². The molecular formula is C22H20N4O2. The molecule has 0 spiro atoms. The number of aromatic hydroxyl groups is 1. The topological polar surface area (TPSA) is 80.2 Å². The van der Waals surface area contributed by atoms with E-state index in [0.29, 0.717) is 17.4 Å². The number of fused-ring (bicyclic) bond motifs is 1. The van der Waals surface area contributed by atoms with Gasteiger partial charge in [0.2, 0.25) is 0 Å². The van der Waals surface area contributed by atoms with Crippen LogP contribution in [0.5, 0.6) is 11.5 Å². The van der Waals surface area contributed by atoms with Gasteiger partial charge in [-0.3, -0.25) is 4.98 Å². The maximum absolute atomic E-state index is 10.3. The third-order valence-electron chi connectivity index (χ3n) is 4.60. The summed E-state index contributed by atoms with van der Waals surface area (Å²) >= 11 is 0. The lowest BCUT2D eigenvalue weighted by Gasteiger charge is -2.19. The molecule has 0 aliphatic rings. The molecule has 4 rings (SSSR count). The number of anilines is 1. The third-order valence-corrected chi connectivity index (χ3v) is 4.60. The van der Waals surface area contributed by atoms with Crippen molar-refractivity contribution in [1.82, 2.24) is 15.0 Å². The van der Waals surface area contributed by atoms with Gasteiger partial charge in [0.1, 0.15) is 17.3 Å². The number of methoxy groups -OCH3 is 1.